The number of hydrogen-bond donors (Lipinski definition) is 0. The third-order valence-electron chi connectivity index (χ3n) is 4.09. The van der Waals surface area contributed by atoms with Crippen LogP contribution < -0.4 is 0 Å². The standard InChI is InChI=1S/C22H21ClN4S/c1-7-8-21(25-6)17(5)28-14(2)13-27-16(4)22(15(3)26-27)18-9-10-19(12-24)20(23)11-18/h7-11H,1-2,5-6,13H2,3-4H3/b21-8-. The molecule has 0 radical (unpaired) electrons. The van der Waals surface area contributed by atoms with Crippen molar-refractivity contribution in [2.75, 3.05) is 0 Å². The summed E-state index contributed by atoms with van der Waals surface area (Å²) in [7, 11) is 0. The lowest BCUT2D eigenvalue weighted by Crippen LogP contribution is -2.03. The number of nitriles is 1. The lowest BCUT2D eigenvalue weighted by molar-refractivity contribution is 0.668. The molecular formula is C22H21ClN4S. The summed E-state index contributed by atoms with van der Waals surface area (Å²) in [6.07, 6.45) is 3.40. The molecule has 0 spiro atoms. The quantitative estimate of drug-likeness (QED) is 0.384. The minimum Gasteiger partial charge on any atom is -0.264 e. The van der Waals surface area contributed by atoms with Crippen LogP contribution in [0, 0.1) is 25.2 Å². The number of aromatic nitrogens is 2. The fourth-order valence-electron chi connectivity index (χ4n) is 2.80. The number of aryl methyl sites for hydroxylation is 1. The average Bonchev–Trinajstić information content (AvgIpc) is 2.92. The van der Waals surface area contributed by atoms with E-state index in [4.69, 9.17) is 16.9 Å². The van der Waals surface area contributed by atoms with E-state index in [-0.39, 0.29) is 0 Å². The zero-order valence-electron chi connectivity index (χ0n) is 16.0. The van der Waals surface area contributed by atoms with Gasteiger partial charge in [-0.15, -0.1) is 0 Å². The van der Waals surface area contributed by atoms with E-state index in [1.54, 1.807) is 24.3 Å². The average molecular weight is 409 g/mol. The highest BCUT2D eigenvalue weighted by atomic mass is 35.5. The maximum atomic E-state index is 9.06. The molecule has 0 saturated heterocycles. The number of allylic oxidation sites excluding steroid dienone is 3. The summed E-state index contributed by atoms with van der Waals surface area (Å²) in [5.74, 6) is 0. The Kier molecular flexibility index (Phi) is 7.22. The summed E-state index contributed by atoms with van der Waals surface area (Å²) in [5, 5.41) is 14.1. The summed E-state index contributed by atoms with van der Waals surface area (Å²) in [4.78, 5) is 5.58. The third kappa shape index (κ3) is 4.72. The van der Waals surface area contributed by atoms with Crippen LogP contribution in [0.15, 0.2) is 70.6 Å². The maximum absolute atomic E-state index is 9.06. The fourth-order valence-corrected chi connectivity index (χ4v) is 3.80. The van der Waals surface area contributed by atoms with E-state index in [0.717, 1.165) is 32.3 Å². The molecule has 6 heteroatoms. The van der Waals surface area contributed by atoms with Gasteiger partial charge in [-0.1, -0.05) is 55.2 Å². The second-order valence-corrected chi connectivity index (χ2v) is 7.70. The first kappa shape index (κ1) is 21.5. The molecule has 0 amide bonds. The monoisotopic (exact) mass is 408 g/mol. The van der Waals surface area contributed by atoms with E-state index < -0.39 is 0 Å². The van der Waals surface area contributed by atoms with Gasteiger partial charge in [0.15, 0.2) is 0 Å². The number of rotatable bonds is 8. The second kappa shape index (κ2) is 9.41. The molecule has 28 heavy (non-hydrogen) atoms. The smallest absolute Gasteiger partial charge is 0.101 e. The molecule has 0 fully saturated rings. The van der Waals surface area contributed by atoms with E-state index in [2.05, 4.69) is 42.6 Å². The summed E-state index contributed by atoms with van der Waals surface area (Å²) >= 11 is 7.64. The highest BCUT2D eigenvalue weighted by Gasteiger charge is 2.16. The molecule has 0 bridgehead atoms. The molecule has 1 aromatic heterocycles. The molecular weight excluding hydrogens is 388 g/mol. The van der Waals surface area contributed by atoms with Gasteiger partial charge in [0.05, 0.1) is 28.5 Å². The van der Waals surface area contributed by atoms with E-state index in [9.17, 15) is 0 Å². The SMILES string of the molecule is C=C/C=C(\N=C)C(=C)SC(=C)Cn1nc(C)c(-c2ccc(C#N)c(Cl)c2)c1C. The predicted octanol–water partition coefficient (Wildman–Crippen LogP) is 6.22. The normalized spacial score (nSPS) is 11.0. The van der Waals surface area contributed by atoms with Crippen LogP contribution in [0.3, 0.4) is 0 Å². The molecule has 2 rings (SSSR count). The number of thioether (sulfide) groups is 1. The van der Waals surface area contributed by atoms with Gasteiger partial charge in [-0.25, -0.2) is 0 Å². The van der Waals surface area contributed by atoms with Crippen LogP contribution in [0.4, 0.5) is 0 Å². The Hall–Kier alpha value is -2.81. The topological polar surface area (TPSA) is 54.0 Å². The molecule has 0 N–H and O–H groups in total. The van der Waals surface area contributed by atoms with Crippen molar-refractivity contribution in [2.45, 2.75) is 20.4 Å². The molecule has 1 aromatic carbocycles. The Morgan fingerprint density at radius 3 is 2.68 bits per heavy atom. The summed E-state index contributed by atoms with van der Waals surface area (Å²) < 4.78 is 1.90. The van der Waals surface area contributed by atoms with Crippen LogP contribution in [0.25, 0.3) is 11.1 Å². The number of nitrogens with zero attached hydrogens (tertiary/aromatic N) is 4. The predicted molar refractivity (Wildman–Crippen MR) is 121 cm³/mol. The van der Waals surface area contributed by atoms with Gasteiger partial charge in [-0.2, -0.15) is 10.4 Å². The number of hydrogen-bond acceptors (Lipinski definition) is 4. The van der Waals surface area contributed by atoms with Crippen molar-refractivity contribution < 1.29 is 0 Å². The third-order valence-corrected chi connectivity index (χ3v) is 5.27. The number of aliphatic imine (C=N–C) groups is 1. The van der Waals surface area contributed by atoms with Gasteiger partial charge in [0.1, 0.15) is 6.07 Å². The molecule has 0 aliphatic rings. The molecule has 0 saturated carbocycles. The van der Waals surface area contributed by atoms with Gasteiger partial charge in [0.25, 0.3) is 0 Å². The zero-order valence-corrected chi connectivity index (χ0v) is 17.6. The minimum absolute atomic E-state index is 0.432. The van der Waals surface area contributed by atoms with Crippen molar-refractivity contribution in [1.29, 1.82) is 5.26 Å². The largest absolute Gasteiger partial charge is 0.264 e. The number of halogens is 1. The summed E-state index contributed by atoms with van der Waals surface area (Å²) in [6, 6.07) is 7.49. The highest BCUT2D eigenvalue weighted by Crippen LogP contribution is 2.33. The van der Waals surface area contributed by atoms with Crippen LogP contribution in [0.5, 0.6) is 0 Å². The van der Waals surface area contributed by atoms with Crippen molar-refractivity contribution in [3.05, 3.63) is 87.6 Å². The van der Waals surface area contributed by atoms with Gasteiger partial charge >= 0.3 is 0 Å². The molecule has 2 aromatic rings. The van der Waals surface area contributed by atoms with Gasteiger partial charge in [0, 0.05) is 21.1 Å². The second-order valence-electron chi connectivity index (χ2n) is 6.02. The van der Waals surface area contributed by atoms with Crippen LogP contribution in [0.2, 0.25) is 5.02 Å². The van der Waals surface area contributed by atoms with Crippen LogP contribution in [-0.4, -0.2) is 16.5 Å². The van der Waals surface area contributed by atoms with Crippen molar-refractivity contribution in [1.82, 2.24) is 9.78 Å². The van der Waals surface area contributed by atoms with Crippen LogP contribution in [-0.2, 0) is 6.54 Å². The first-order chi connectivity index (χ1) is 13.3. The van der Waals surface area contributed by atoms with Crippen molar-refractivity contribution in [3.8, 4) is 17.2 Å². The van der Waals surface area contributed by atoms with Gasteiger partial charge in [-0.05, 0) is 44.3 Å². The Morgan fingerprint density at radius 1 is 1.39 bits per heavy atom. The fraction of sp³-hybridized carbons (Fsp3) is 0.136. The summed E-state index contributed by atoms with van der Waals surface area (Å²) in [6.45, 7) is 19.9. The Morgan fingerprint density at radius 2 is 2.11 bits per heavy atom. The first-order valence-corrected chi connectivity index (χ1v) is 9.60. The molecule has 0 unspecified atom stereocenters. The molecule has 0 aliphatic heterocycles. The molecule has 4 nitrogen and oxygen atoms in total. The Bertz CT molecular complexity index is 1040. The summed E-state index contributed by atoms with van der Waals surface area (Å²) in [5.41, 5.74) is 4.94. The lowest BCUT2D eigenvalue weighted by Gasteiger charge is -2.10. The molecule has 0 atom stereocenters. The van der Waals surface area contributed by atoms with E-state index in [1.165, 1.54) is 11.8 Å². The zero-order chi connectivity index (χ0) is 20.8. The molecule has 142 valence electrons. The lowest BCUT2D eigenvalue weighted by atomic mass is 10.0. The van der Waals surface area contributed by atoms with E-state index in [1.807, 2.05) is 24.6 Å². The Balaban J connectivity index is 2.25. The minimum atomic E-state index is 0.432. The van der Waals surface area contributed by atoms with Gasteiger partial charge in [0.2, 0.25) is 0 Å². The van der Waals surface area contributed by atoms with E-state index >= 15 is 0 Å². The highest BCUT2D eigenvalue weighted by molar-refractivity contribution is 8.06. The molecule has 1 heterocycles. The van der Waals surface area contributed by atoms with Crippen LogP contribution in [0.1, 0.15) is 17.0 Å². The van der Waals surface area contributed by atoms with Crippen molar-refractivity contribution in [3.63, 3.8) is 0 Å². The first-order valence-electron chi connectivity index (χ1n) is 8.40. The molecule has 0 aliphatic carbocycles. The number of benzene rings is 1. The van der Waals surface area contributed by atoms with E-state index in [0.29, 0.717) is 22.8 Å². The maximum Gasteiger partial charge on any atom is 0.101 e. The van der Waals surface area contributed by atoms with Crippen LogP contribution >= 0.6 is 23.4 Å². The van der Waals surface area contributed by atoms with Crippen molar-refractivity contribution in [2.24, 2.45) is 4.99 Å². The van der Waals surface area contributed by atoms with Gasteiger partial charge in [-0.3, -0.25) is 9.67 Å². The Labute approximate surface area is 175 Å². The van der Waals surface area contributed by atoms with Crippen molar-refractivity contribution >= 4 is 30.1 Å². The van der Waals surface area contributed by atoms with Gasteiger partial charge < -0.3 is 0 Å².